The van der Waals surface area contributed by atoms with Crippen LogP contribution in [-0.2, 0) is 4.79 Å². The molecule has 0 unspecified atom stereocenters. The maximum Gasteiger partial charge on any atom is 0.274 e. The van der Waals surface area contributed by atoms with Crippen molar-refractivity contribution in [2.45, 2.75) is 6.92 Å². The molecule has 1 aromatic carbocycles. The minimum atomic E-state index is -0.264. The van der Waals surface area contributed by atoms with Crippen molar-refractivity contribution in [3.05, 3.63) is 47.9 Å². The van der Waals surface area contributed by atoms with Gasteiger partial charge in [-0.2, -0.15) is 0 Å². The Balaban J connectivity index is 1.76. The predicted molar refractivity (Wildman–Crippen MR) is 91.0 cm³/mol. The number of para-hydroxylation sites is 1. The van der Waals surface area contributed by atoms with E-state index in [-0.39, 0.29) is 5.91 Å². The van der Waals surface area contributed by atoms with E-state index in [1.54, 1.807) is 17.9 Å². The number of piperazine rings is 1. The summed E-state index contributed by atoms with van der Waals surface area (Å²) < 4.78 is 0. The van der Waals surface area contributed by atoms with Crippen molar-refractivity contribution in [1.82, 2.24) is 14.9 Å². The second-order valence-electron chi connectivity index (χ2n) is 5.61. The largest absolute Gasteiger partial charge is 0.353 e. The van der Waals surface area contributed by atoms with Gasteiger partial charge < -0.3 is 15.1 Å². The van der Waals surface area contributed by atoms with Crippen LogP contribution in [0.5, 0.6) is 0 Å². The smallest absolute Gasteiger partial charge is 0.274 e. The highest BCUT2D eigenvalue weighted by Crippen LogP contribution is 2.16. The molecule has 3 rings (SSSR count). The molecule has 1 fully saturated rings. The van der Waals surface area contributed by atoms with Crippen molar-refractivity contribution >= 4 is 23.8 Å². The average Bonchev–Trinajstić information content (AvgIpc) is 2.62. The predicted octanol–water partition coefficient (Wildman–Crippen LogP) is 1.32. The Morgan fingerprint density at radius 3 is 2.50 bits per heavy atom. The Bertz CT molecular complexity index is 727. The Labute approximate surface area is 140 Å². The fourth-order valence-corrected chi connectivity index (χ4v) is 2.60. The number of benzene rings is 1. The number of amides is 2. The minimum Gasteiger partial charge on any atom is -0.353 e. The topological polar surface area (TPSA) is 78.4 Å². The number of nitrogens with zero attached hydrogens (tertiary/aromatic N) is 4. The number of nitrogens with one attached hydrogen (secondary N) is 1. The van der Waals surface area contributed by atoms with Crippen molar-refractivity contribution in [3.63, 3.8) is 0 Å². The second-order valence-corrected chi connectivity index (χ2v) is 5.61. The molecule has 1 aliphatic heterocycles. The molecule has 0 saturated carbocycles. The van der Waals surface area contributed by atoms with Crippen LogP contribution >= 0.6 is 0 Å². The van der Waals surface area contributed by atoms with Gasteiger partial charge >= 0.3 is 0 Å². The van der Waals surface area contributed by atoms with E-state index in [9.17, 15) is 9.59 Å². The van der Waals surface area contributed by atoms with Gasteiger partial charge in [0, 0.05) is 37.9 Å². The highest BCUT2D eigenvalue weighted by Gasteiger charge is 2.19. The van der Waals surface area contributed by atoms with Crippen LogP contribution < -0.4 is 10.2 Å². The average molecular weight is 325 g/mol. The molecule has 7 heteroatoms. The molecular formula is C17H19N5O2. The molecule has 124 valence electrons. The standard InChI is InChI=1S/C17H19N5O2/c1-13-18-15(17(24)20-14-5-3-2-4-6-14)11-16(19-13)22-9-7-21(12-23)8-10-22/h2-6,11-12H,7-10H2,1H3,(H,20,24). The molecular weight excluding hydrogens is 306 g/mol. The summed E-state index contributed by atoms with van der Waals surface area (Å²) in [5.74, 6) is 0.995. The monoisotopic (exact) mass is 325 g/mol. The van der Waals surface area contributed by atoms with Gasteiger partial charge in [0.2, 0.25) is 6.41 Å². The molecule has 1 N–H and O–H groups in total. The lowest BCUT2D eigenvalue weighted by Crippen LogP contribution is -2.46. The first-order chi connectivity index (χ1) is 11.7. The van der Waals surface area contributed by atoms with Crippen LogP contribution in [-0.4, -0.2) is 53.4 Å². The maximum absolute atomic E-state index is 12.4. The van der Waals surface area contributed by atoms with Gasteiger partial charge in [0.25, 0.3) is 5.91 Å². The van der Waals surface area contributed by atoms with Crippen LogP contribution in [0.4, 0.5) is 11.5 Å². The maximum atomic E-state index is 12.4. The number of carbonyl (C=O) groups is 2. The number of hydrogen-bond donors (Lipinski definition) is 1. The van der Waals surface area contributed by atoms with E-state index in [2.05, 4.69) is 20.2 Å². The van der Waals surface area contributed by atoms with E-state index >= 15 is 0 Å². The van der Waals surface area contributed by atoms with Gasteiger partial charge in [0.1, 0.15) is 17.3 Å². The zero-order valence-corrected chi connectivity index (χ0v) is 13.5. The Hall–Kier alpha value is -2.96. The van der Waals surface area contributed by atoms with E-state index in [0.717, 1.165) is 12.1 Å². The molecule has 0 radical (unpaired) electrons. The SMILES string of the molecule is Cc1nc(C(=O)Nc2ccccc2)cc(N2CCN(C=O)CC2)n1. The summed E-state index contributed by atoms with van der Waals surface area (Å²) >= 11 is 0. The highest BCUT2D eigenvalue weighted by molar-refractivity contribution is 6.03. The van der Waals surface area contributed by atoms with Crippen molar-refractivity contribution in [1.29, 1.82) is 0 Å². The number of anilines is 2. The fourth-order valence-electron chi connectivity index (χ4n) is 2.60. The Morgan fingerprint density at radius 1 is 1.12 bits per heavy atom. The lowest BCUT2D eigenvalue weighted by atomic mass is 10.2. The van der Waals surface area contributed by atoms with Gasteiger partial charge in [-0.15, -0.1) is 0 Å². The molecule has 0 bridgehead atoms. The highest BCUT2D eigenvalue weighted by atomic mass is 16.2. The normalized spacial score (nSPS) is 14.4. The minimum absolute atomic E-state index is 0.264. The van der Waals surface area contributed by atoms with Gasteiger partial charge in [-0.25, -0.2) is 9.97 Å². The van der Waals surface area contributed by atoms with Crippen LogP contribution in [0.1, 0.15) is 16.3 Å². The van der Waals surface area contributed by atoms with E-state index in [1.165, 1.54) is 0 Å². The molecule has 0 atom stereocenters. The first kappa shape index (κ1) is 15.9. The van der Waals surface area contributed by atoms with Gasteiger partial charge in [0.05, 0.1) is 0 Å². The number of aryl methyl sites for hydroxylation is 1. The van der Waals surface area contributed by atoms with Crippen LogP contribution in [0.2, 0.25) is 0 Å². The Morgan fingerprint density at radius 2 is 1.83 bits per heavy atom. The lowest BCUT2D eigenvalue weighted by Gasteiger charge is -2.33. The van der Waals surface area contributed by atoms with Crippen LogP contribution in [0, 0.1) is 6.92 Å². The molecule has 24 heavy (non-hydrogen) atoms. The van der Waals surface area contributed by atoms with Crippen LogP contribution in [0.15, 0.2) is 36.4 Å². The summed E-state index contributed by atoms with van der Waals surface area (Å²) in [6.07, 6.45) is 0.862. The zero-order chi connectivity index (χ0) is 16.9. The van der Waals surface area contributed by atoms with Crippen molar-refractivity contribution < 1.29 is 9.59 Å². The van der Waals surface area contributed by atoms with Gasteiger partial charge in [0.15, 0.2) is 0 Å². The molecule has 1 saturated heterocycles. The number of hydrogen-bond acceptors (Lipinski definition) is 5. The molecule has 2 heterocycles. The van der Waals surface area contributed by atoms with Gasteiger partial charge in [-0.1, -0.05) is 18.2 Å². The van der Waals surface area contributed by atoms with E-state index < -0.39 is 0 Å². The quantitative estimate of drug-likeness (QED) is 0.858. The fraction of sp³-hybridized carbons (Fsp3) is 0.294. The lowest BCUT2D eigenvalue weighted by molar-refractivity contribution is -0.118. The third-order valence-electron chi connectivity index (χ3n) is 3.88. The summed E-state index contributed by atoms with van der Waals surface area (Å²) in [5.41, 5.74) is 1.05. The van der Waals surface area contributed by atoms with Crippen molar-refractivity contribution in [2.24, 2.45) is 0 Å². The second kappa shape index (κ2) is 7.08. The van der Waals surface area contributed by atoms with Crippen LogP contribution in [0.3, 0.4) is 0 Å². The summed E-state index contributed by atoms with van der Waals surface area (Å²) in [6.45, 7) is 4.45. The molecule has 1 aromatic heterocycles. The number of carbonyl (C=O) groups excluding carboxylic acids is 2. The third-order valence-corrected chi connectivity index (χ3v) is 3.88. The zero-order valence-electron chi connectivity index (χ0n) is 13.5. The van der Waals surface area contributed by atoms with Crippen molar-refractivity contribution in [2.75, 3.05) is 36.4 Å². The molecule has 0 aliphatic carbocycles. The first-order valence-corrected chi connectivity index (χ1v) is 7.82. The molecule has 7 nitrogen and oxygen atoms in total. The summed E-state index contributed by atoms with van der Waals surface area (Å²) in [4.78, 5) is 35.7. The summed E-state index contributed by atoms with van der Waals surface area (Å²) in [7, 11) is 0. The Kier molecular flexibility index (Phi) is 4.69. The molecule has 0 spiro atoms. The van der Waals surface area contributed by atoms with Gasteiger partial charge in [-0.05, 0) is 19.1 Å². The number of rotatable bonds is 4. The van der Waals surface area contributed by atoms with Gasteiger partial charge in [-0.3, -0.25) is 9.59 Å². The van der Waals surface area contributed by atoms with Crippen LogP contribution in [0.25, 0.3) is 0 Å². The van der Waals surface area contributed by atoms with Crippen molar-refractivity contribution in [3.8, 4) is 0 Å². The van der Waals surface area contributed by atoms with E-state index in [4.69, 9.17) is 0 Å². The van der Waals surface area contributed by atoms with E-state index in [0.29, 0.717) is 43.5 Å². The molecule has 2 aromatic rings. The first-order valence-electron chi connectivity index (χ1n) is 7.82. The number of aromatic nitrogens is 2. The summed E-state index contributed by atoms with van der Waals surface area (Å²) in [5, 5.41) is 2.83. The van der Waals surface area contributed by atoms with E-state index in [1.807, 2.05) is 30.3 Å². The molecule has 2 amide bonds. The molecule has 1 aliphatic rings. The summed E-state index contributed by atoms with van der Waals surface area (Å²) in [6, 6.07) is 11.0. The third kappa shape index (κ3) is 3.68.